The highest BCUT2D eigenvalue weighted by atomic mass is 32.1. The van der Waals surface area contributed by atoms with E-state index in [1.807, 2.05) is 25.1 Å². The fourth-order valence-electron chi connectivity index (χ4n) is 2.08. The van der Waals surface area contributed by atoms with E-state index < -0.39 is 0 Å². The third-order valence-corrected chi connectivity index (χ3v) is 4.26. The van der Waals surface area contributed by atoms with Crippen LogP contribution >= 0.6 is 11.3 Å². The van der Waals surface area contributed by atoms with Crippen molar-refractivity contribution in [1.82, 2.24) is 5.32 Å². The Bertz CT molecular complexity index is 625. The summed E-state index contributed by atoms with van der Waals surface area (Å²) in [5.74, 6) is 0.545. The zero-order valence-corrected chi connectivity index (χ0v) is 13.1. The smallest absolute Gasteiger partial charge is 0.263 e. The third-order valence-electron chi connectivity index (χ3n) is 3.10. The maximum atomic E-state index is 12.2. The fourth-order valence-corrected chi connectivity index (χ4v) is 3.14. The number of nitrogen functional groups attached to an aromatic ring is 1. The van der Waals surface area contributed by atoms with Gasteiger partial charge in [-0.15, -0.1) is 11.3 Å². The van der Waals surface area contributed by atoms with Gasteiger partial charge >= 0.3 is 0 Å². The number of anilines is 1. The second-order valence-corrected chi connectivity index (χ2v) is 5.54. The molecule has 5 nitrogen and oxygen atoms in total. The summed E-state index contributed by atoms with van der Waals surface area (Å²) >= 11 is 1.38. The first kappa shape index (κ1) is 15.6. The van der Waals surface area contributed by atoms with Gasteiger partial charge in [0, 0.05) is 24.5 Å². The van der Waals surface area contributed by atoms with Crippen LogP contribution in [0.4, 0.5) is 5.69 Å². The lowest BCUT2D eigenvalue weighted by atomic mass is 10.2. The molecule has 1 aromatic heterocycles. The number of hydrogen-bond acceptors (Lipinski definition) is 5. The molecule has 114 valence electrons. The summed E-state index contributed by atoms with van der Waals surface area (Å²) in [4.78, 5) is 12.7. The molecule has 2 aromatic rings. The number of fused-ring (bicyclic) bond motifs is 1. The lowest BCUT2D eigenvalue weighted by Gasteiger charge is -2.05. The van der Waals surface area contributed by atoms with E-state index in [2.05, 4.69) is 5.32 Å². The number of methoxy groups -OCH3 is 1. The Morgan fingerprint density at radius 1 is 1.43 bits per heavy atom. The van der Waals surface area contributed by atoms with Gasteiger partial charge in [0.1, 0.15) is 10.6 Å². The summed E-state index contributed by atoms with van der Waals surface area (Å²) in [6, 6.07) is 5.67. The third kappa shape index (κ3) is 3.46. The van der Waals surface area contributed by atoms with Gasteiger partial charge in [-0.05, 0) is 25.5 Å². The summed E-state index contributed by atoms with van der Waals surface area (Å²) in [5.41, 5.74) is 6.59. The normalized spacial score (nSPS) is 10.8. The van der Waals surface area contributed by atoms with Crippen molar-refractivity contribution in [2.45, 2.75) is 13.3 Å². The fraction of sp³-hybridized carbons (Fsp3) is 0.400. The van der Waals surface area contributed by atoms with Crippen LogP contribution in [0.3, 0.4) is 0 Å². The molecule has 0 aliphatic rings. The zero-order valence-electron chi connectivity index (χ0n) is 12.3. The molecule has 1 amide bonds. The lowest BCUT2D eigenvalue weighted by Crippen LogP contribution is -2.25. The molecule has 21 heavy (non-hydrogen) atoms. The predicted octanol–water partition coefficient (Wildman–Crippen LogP) is 2.65. The van der Waals surface area contributed by atoms with Gasteiger partial charge in [-0.2, -0.15) is 0 Å². The van der Waals surface area contributed by atoms with Crippen molar-refractivity contribution >= 4 is 33.0 Å². The van der Waals surface area contributed by atoms with E-state index in [-0.39, 0.29) is 5.91 Å². The highest BCUT2D eigenvalue weighted by Gasteiger charge is 2.18. The molecule has 1 heterocycles. The number of amides is 1. The topological polar surface area (TPSA) is 73.6 Å². The molecule has 0 fully saturated rings. The summed E-state index contributed by atoms with van der Waals surface area (Å²) < 4.78 is 11.5. The van der Waals surface area contributed by atoms with Gasteiger partial charge in [0.05, 0.1) is 18.2 Å². The molecule has 0 saturated heterocycles. The van der Waals surface area contributed by atoms with Crippen molar-refractivity contribution in [3.63, 3.8) is 0 Å². The van der Waals surface area contributed by atoms with Crippen molar-refractivity contribution in [2.24, 2.45) is 0 Å². The zero-order chi connectivity index (χ0) is 15.2. The molecule has 0 saturated carbocycles. The predicted molar refractivity (Wildman–Crippen MR) is 86.2 cm³/mol. The van der Waals surface area contributed by atoms with Crippen molar-refractivity contribution in [2.75, 3.05) is 32.6 Å². The van der Waals surface area contributed by atoms with E-state index in [9.17, 15) is 4.79 Å². The van der Waals surface area contributed by atoms with E-state index in [1.54, 1.807) is 7.11 Å². The molecule has 1 aromatic carbocycles. The number of benzene rings is 1. The molecule has 0 spiro atoms. The average molecular weight is 308 g/mol. The Labute approximate surface area is 128 Å². The molecule has 2 rings (SSSR count). The minimum Gasteiger partial charge on any atom is -0.496 e. The van der Waals surface area contributed by atoms with E-state index >= 15 is 0 Å². The summed E-state index contributed by atoms with van der Waals surface area (Å²) in [7, 11) is 1.60. The van der Waals surface area contributed by atoms with Crippen molar-refractivity contribution in [3.8, 4) is 5.75 Å². The monoisotopic (exact) mass is 308 g/mol. The summed E-state index contributed by atoms with van der Waals surface area (Å²) in [5, 5.41) is 3.68. The Hall–Kier alpha value is -1.79. The minimum absolute atomic E-state index is 0.146. The minimum atomic E-state index is -0.146. The Morgan fingerprint density at radius 2 is 2.24 bits per heavy atom. The molecular formula is C15H20N2O3S. The van der Waals surface area contributed by atoms with Crippen molar-refractivity contribution in [3.05, 3.63) is 23.1 Å². The average Bonchev–Trinajstić information content (AvgIpc) is 2.84. The van der Waals surface area contributed by atoms with Crippen molar-refractivity contribution < 1.29 is 14.3 Å². The number of nitrogens with one attached hydrogen (secondary N) is 1. The van der Waals surface area contributed by atoms with Crippen LogP contribution < -0.4 is 15.8 Å². The van der Waals surface area contributed by atoms with Crippen molar-refractivity contribution in [1.29, 1.82) is 0 Å². The van der Waals surface area contributed by atoms with Gasteiger partial charge in [-0.1, -0.05) is 6.07 Å². The van der Waals surface area contributed by atoms with Crippen LogP contribution in [0.25, 0.3) is 10.1 Å². The standard InChI is InChI=1S/C15H20N2O3S/c1-3-20-9-5-8-17-15(18)14-13(16)12-10(19-2)6-4-7-11(12)21-14/h4,6-7H,3,5,8-9,16H2,1-2H3,(H,17,18). The highest BCUT2D eigenvalue weighted by molar-refractivity contribution is 7.21. The molecule has 0 bridgehead atoms. The summed E-state index contributed by atoms with van der Waals surface area (Å²) in [6.07, 6.45) is 0.785. The van der Waals surface area contributed by atoms with Crippen LogP contribution in [0.2, 0.25) is 0 Å². The van der Waals surface area contributed by atoms with Crippen LogP contribution in [0.1, 0.15) is 23.0 Å². The maximum absolute atomic E-state index is 12.2. The van der Waals surface area contributed by atoms with E-state index in [1.165, 1.54) is 11.3 Å². The Kier molecular flexibility index (Phi) is 5.41. The van der Waals surface area contributed by atoms with Crippen LogP contribution in [0.5, 0.6) is 5.75 Å². The van der Waals surface area contributed by atoms with Crippen LogP contribution in [0, 0.1) is 0 Å². The molecule has 0 aliphatic heterocycles. The van der Waals surface area contributed by atoms with Gasteiger partial charge in [-0.3, -0.25) is 4.79 Å². The number of carbonyl (C=O) groups excluding carboxylic acids is 1. The molecule has 0 unspecified atom stereocenters. The molecule has 3 N–H and O–H groups in total. The van der Waals surface area contributed by atoms with E-state index in [0.717, 1.165) is 16.5 Å². The molecule has 0 atom stereocenters. The number of rotatable bonds is 7. The number of hydrogen-bond donors (Lipinski definition) is 2. The van der Waals surface area contributed by atoms with E-state index in [0.29, 0.717) is 36.1 Å². The quantitative estimate of drug-likeness (QED) is 0.771. The SMILES string of the molecule is CCOCCCNC(=O)c1sc2cccc(OC)c2c1N. The first-order valence-electron chi connectivity index (χ1n) is 6.90. The van der Waals surface area contributed by atoms with Crippen LogP contribution in [-0.4, -0.2) is 32.8 Å². The van der Waals surface area contributed by atoms with E-state index in [4.69, 9.17) is 15.2 Å². The Morgan fingerprint density at radius 3 is 2.95 bits per heavy atom. The maximum Gasteiger partial charge on any atom is 0.263 e. The highest BCUT2D eigenvalue weighted by Crippen LogP contribution is 2.39. The Balaban J connectivity index is 2.11. The second kappa shape index (κ2) is 7.28. The molecule has 0 aliphatic carbocycles. The van der Waals surface area contributed by atoms with Crippen LogP contribution in [-0.2, 0) is 4.74 Å². The number of ether oxygens (including phenoxy) is 2. The van der Waals surface area contributed by atoms with Crippen LogP contribution in [0.15, 0.2) is 18.2 Å². The molecular weight excluding hydrogens is 288 g/mol. The first-order valence-corrected chi connectivity index (χ1v) is 7.71. The second-order valence-electron chi connectivity index (χ2n) is 4.48. The van der Waals surface area contributed by atoms with Gasteiger partial charge in [-0.25, -0.2) is 0 Å². The van der Waals surface area contributed by atoms with Gasteiger partial charge in [0.15, 0.2) is 0 Å². The number of carbonyl (C=O) groups is 1. The van der Waals surface area contributed by atoms with Gasteiger partial charge < -0.3 is 20.5 Å². The first-order chi connectivity index (χ1) is 10.2. The largest absolute Gasteiger partial charge is 0.496 e. The van der Waals surface area contributed by atoms with Gasteiger partial charge in [0.25, 0.3) is 5.91 Å². The number of nitrogens with two attached hydrogens (primary N) is 1. The van der Waals surface area contributed by atoms with Gasteiger partial charge in [0.2, 0.25) is 0 Å². The summed E-state index contributed by atoms with van der Waals surface area (Å²) in [6.45, 7) is 3.86. The number of thiophene rings is 1. The molecule has 0 radical (unpaired) electrons. The molecule has 6 heteroatoms. The lowest BCUT2D eigenvalue weighted by molar-refractivity contribution is 0.0949.